The van der Waals surface area contributed by atoms with E-state index in [9.17, 15) is 9.59 Å². The number of para-hydroxylation sites is 1. The van der Waals surface area contributed by atoms with Crippen LogP contribution in [-0.4, -0.2) is 46.3 Å². The van der Waals surface area contributed by atoms with Gasteiger partial charge in [0.2, 0.25) is 0 Å². The summed E-state index contributed by atoms with van der Waals surface area (Å²) >= 11 is 6.39. The summed E-state index contributed by atoms with van der Waals surface area (Å²) < 4.78 is 6.77. The first kappa shape index (κ1) is 24.5. The van der Waals surface area contributed by atoms with Gasteiger partial charge in [0.1, 0.15) is 11.6 Å². The number of amides is 2. The number of nitrogens with two attached hydrogens (primary N) is 1. The van der Waals surface area contributed by atoms with Gasteiger partial charge in [-0.2, -0.15) is 5.10 Å². The fourth-order valence-corrected chi connectivity index (χ4v) is 4.14. The van der Waals surface area contributed by atoms with Gasteiger partial charge >= 0.3 is 0 Å². The molecule has 2 aromatic heterocycles. The number of carbonyl (C=O) groups is 2. The zero-order chi connectivity index (χ0) is 26.0. The van der Waals surface area contributed by atoms with Crippen molar-refractivity contribution in [2.45, 2.75) is 6.92 Å². The van der Waals surface area contributed by atoms with Crippen LogP contribution in [0, 0.1) is 5.41 Å². The molecule has 3 heterocycles. The fraction of sp³-hybridized carbons (Fsp3) is 0.185. The molecule has 4 N–H and O–H groups in total. The summed E-state index contributed by atoms with van der Waals surface area (Å²) in [6, 6.07) is 21.1. The molecule has 5 rings (SSSR count). The van der Waals surface area contributed by atoms with Crippen LogP contribution in [0.3, 0.4) is 0 Å². The molecule has 0 bridgehead atoms. The largest absolute Gasteiger partial charge is 0.384 e. The number of ether oxygens (including phenoxy) is 1. The zero-order valence-electron chi connectivity index (χ0n) is 20.1. The van der Waals surface area contributed by atoms with Gasteiger partial charge in [-0.05, 0) is 36.4 Å². The smallest absolute Gasteiger partial charge is 0.271 e. The van der Waals surface area contributed by atoms with Crippen molar-refractivity contribution in [1.29, 1.82) is 0 Å². The highest BCUT2D eigenvalue weighted by Crippen LogP contribution is 2.27. The Hall–Kier alpha value is -4.21. The molecule has 37 heavy (non-hydrogen) atoms. The molecular formula is C27H25ClN6O3. The Morgan fingerprint density at radius 3 is 2.54 bits per heavy atom. The van der Waals surface area contributed by atoms with E-state index in [1.807, 2.05) is 37.3 Å². The molecule has 0 spiro atoms. The predicted octanol–water partition coefficient (Wildman–Crippen LogP) is 4.19. The number of rotatable bonds is 7. The van der Waals surface area contributed by atoms with Crippen molar-refractivity contribution in [2.75, 3.05) is 30.8 Å². The summed E-state index contributed by atoms with van der Waals surface area (Å²) in [5.41, 5.74) is 8.13. The third-order valence-electron chi connectivity index (χ3n) is 6.04. The summed E-state index contributed by atoms with van der Waals surface area (Å²) in [6.45, 7) is 3.70. The third-order valence-corrected chi connectivity index (χ3v) is 6.37. The molecule has 2 aromatic carbocycles. The van der Waals surface area contributed by atoms with E-state index in [0.29, 0.717) is 48.3 Å². The average molecular weight is 517 g/mol. The van der Waals surface area contributed by atoms with Crippen molar-refractivity contribution < 1.29 is 14.3 Å². The second-order valence-electron chi connectivity index (χ2n) is 9.24. The number of hydrogen-bond donors (Lipinski definition) is 3. The highest BCUT2D eigenvalue weighted by molar-refractivity contribution is 6.34. The van der Waals surface area contributed by atoms with Gasteiger partial charge in [-0.15, -0.1) is 0 Å². The number of hydrogen-bond acceptors (Lipinski definition) is 6. The molecule has 1 fully saturated rings. The zero-order valence-corrected chi connectivity index (χ0v) is 20.8. The summed E-state index contributed by atoms with van der Waals surface area (Å²) in [7, 11) is 0. The van der Waals surface area contributed by atoms with E-state index >= 15 is 0 Å². The monoisotopic (exact) mass is 516 g/mol. The van der Waals surface area contributed by atoms with Gasteiger partial charge in [0.25, 0.3) is 11.8 Å². The Morgan fingerprint density at radius 2 is 1.84 bits per heavy atom. The van der Waals surface area contributed by atoms with Crippen LogP contribution in [0.1, 0.15) is 27.8 Å². The first-order valence-corrected chi connectivity index (χ1v) is 12.0. The highest BCUT2D eigenvalue weighted by atomic mass is 35.5. The molecule has 2 amide bonds. The minimum atomic E-state index is -0.459. The second-order valence-corrected chi connectivity index (χ2v) is 9.65. The van der Waals surface area contributed by atoms with Crippen molar-refractivity contribution in [1.82, 2.24) is 20.1 Å². The number of nitrogens with one attached hydrogen (secondary N) is 2. The number of nitrogens with zero attached hydrogens (tertiary/aromatic N) is 3. The molecule has 4 aromatic rings. The van der Waals surface area contributed by atoms with Crippen molar-refractivity contribution in [3.05, 3.63) is 89.1 Å². The number of pyridine rings is 1. The van der Waals surface area contributed by atoms with E-state index in [4.69, 9.17) is 22.1 Å². The Bertz CT molecular complexity index is 1470. The lowest BCUT2D eigenvalue weighted by Gasteiger charge is -2.37. The predicted molar refractivity (Wildman–Crippen MR) is 142 cm³/mol. The number of aromatic nitrogens is 3. The minimum absolute atomic E-state index is 0.0885. The third kappa shape index (κ3) is 5.32. The van der Waals surface area contributed by atoms with Gasteiger partial charge < -0.3 is 21.1 Å². The van der Waals surface area contributed by atoms with Crippen LogP contribution in [0.2, 0.25) is 5.02 Å². The van der Waals surface area contributed by atoms with Gasteiger partial charge in [0.15, 0.2) is 5.69 Å². The molecule has 0 saturated carbocycles. The molecule has 0 atom stereocenters. The van der Waals surface area contributed by atoms with Crippen LogP contribution in [0.15, 0.2) is 72.8 Å². The molecule has 1 aliphatic heterocycles. The van der Waals surface area contributed by atoms with E-state index < -0.39 is 5.91 Å². The average Bonchev–Trinajstić information content (AvgIpc) is 3.30. The van der Waals surface area contributed by atoms with Gasteiger partial charge in [-0.25, -0.2) is 9.67 Å². The van der Waals surface area contributed by atoms with E-state index in [0.717, 1.165) is 0 Å². The molecule has 0 unspecified atom stereocenters. The molecular weight excluding hydrogens is 492 g/mol. The maximum atomic E-state index is 13.4. The Labute approximate surface area is 218 Å². The van der Waals surface area contributed by atoms with Crippen LogP contribution in [0.4, 0.5) is 11.6 Å². The normalized spacial score (nSPS) is 14.0. The molecule has 9 nitrogen and oxygen atoms in total. The highest BCUT2D eigenvalue weighted by Gasteiger charge is 2.34. The number of carbonyl (C=O) groups excluding carboxylic acids is 2. The molecule has 10 heteroatoms. The van der Waals surface area contributed by atoms with Gasteiger partial charge in [0.05, 0.1) is 35.2 Å². The summed E-state index contributed by atoms with van der Waals surface area (Å²) in [4.78, 5) is 30.6. The Kier molecular flexibility index (Phi) is 6.64. The summed E-state index contributed by atoms with van der Waals surface area (Å²) in [5, 5.41) is 10.5. The van der Waals surface area contributed by atoms with Gasteiger partial charge in [-0.1, -0.05) is 48.9 Å². The summed E-state index contributed by atoms with van der Waals surface area (Å²) in [6.07, 6.45) is 0. The molecule has 188 valence electrons. The first-order chi connectivity index (χ1) is 17.8. The van der Waals surface area contributed by atoms with Crippen LogP contribution < -0.4 is 16.4 Å². The summed E-state index contributed by atoms with van der Waals surface area (Å²) in [5.74, 6) is -0.108. The minimum Gasteiger partial charge on any atom is -0.384 e. The van der Waals surface area contributed by atoms with E-state index in [1.165, 1.54) is 10.7 Å². The second kappa shape index (κ2) is 10.0. The number of nitrogen functional groups attached to an aromatic ring is 1. The first-order valence-electron chi connectivity index (χ1n) is 11.7. The van der Waals surface area contributed by atoms with E-state index in [2.05, 4.69) is 20.7 Å². The number of anilines is 2. The van der Waals surface area contributed by atoms with Crippen molar-refractivity contribution in [3.63, 3.8) is 0 Å². The standard InChI is InChI=1S/C27H25ClN6O3/c1-27(15-37-16-27)14-30-26(36)22-13-24(34(33-22)18-6-3-2-4-7-18)32-25(35)19-12-17(10-11-20(19)28)21-8-5-9-23(29)31-21/h2-13H,14-16H2,1H3,(H2,29,31)(H,30,36)(H,32,35). The van der Waals surface area contributed by atoms with Gasteiger partial charge in [-0.3, -0.25) is 9.59 Å². The SMILES string of the molecule is CC1(CNC(=O)c2cc(NC(=O)c3cc(-c4cccc(N)n4)ccc3Cl)n(-c3ccccc3)n2)COC1. The van der Waals surface area contributed by atoms with Crippen molar-refractivity contribution >= 4 is 35.1 Å². The topological polar surface area (TPSA) is 124 Å². The van der Waals surface area contributed by atoms with Crippen molar-refractivity contribution in [3.8, 4) is 16.9 Å². The van der Waals surface area contributed by atoms with Crippen LogP contribution >= 0.6 is 11.6 Å². The molecule has 0 aliphatic carbocycles. The van der Waals surface area contributed by atoms with Crippen molar-refractivity contribution in [2.24, 2.45) is 5.41 Å². The number of benzene rings is 2. The molecule has 1 aliphatic rings. The fourth-order valence-electron chi connectivity index (χ4n) is 3.94. The van der Waals surface area contributed by atoms with E-state index in [1.54, 1.807) is 36.4 Å². The maximum Gasteiger partial charge on any atom is 0.271 e. The van der Waals surface area contributed by atoms with Crippen LogP contribution in [0.25, 0.3) is 16.9 Å². The van der Waals surface area contributed by atoms with E-state index in [-0.39, 0.29) is 27.6 Å². The Balaban J connectivity index is 1.43. The lowest BCUT2D eigenvalue weighted by Crippen LogP contribution is -2.48. The Morgan fingerprint density at radius 1 is 1.05 bits per heavy atom. The van der Waals surface area contributed by atoms with Crippen LogP contribution in [-0.2, 0) is 4.74 Å². The van der Waals surface area contributed by atoms with Crippen LogP contribution in [0.5, 0.6) is 0 Å². The quantitative estimate of drug-likeness (QED) is 0.338. The maximum absolute atomic E-state index is 13.4. The molecule has 0 radical (unpaired) electrons. The lowest BCUT2D eigenvalue weighted by molar-refractivity contribution is -0.0978. The van der Waals surface area contributed by atoms with Gasteiger partial charge in [0, 0.05) is 23.6 Å². The number of halogens is 1. The molecule has 1 saturated heterocycles. The lowest BCUT2D eigenvalue weighted by atomic mass is 9.89.